The topological polar surface area (TPSA) is 94.0 Å². The van der Waals surface area contributed by atoms with E-state index in [4.69, 9.17) is 10.00 Å². The van der Waals surface area contributed by atoms with E-state index in [9.17, 15) is 10.1 Å². The molecule has 1 aromatic heterocycles. The van der Waals surface area contributed by atoms with E-state index in [1.807, 2.05) is 0 Å². The van der Waals surface area contributed by atoms with Gasteiger partial charge in [0.05, 0.1) is 4.92 Å². The van der Waals surface area contributed by atoms with Crippen molar-refractivity contribution in [2.24, 2.45) is 0 Å². The molecule has 0 saturated heterocycles. The van der Waals surface area contributed by atoms with Gasteiger partial charge in [0.25, 0.3) is 0 Å². The summed E-state index contributed by atoms with van der Waals surface area (Å²) in [4.78, 5) is 10.0. The fraction of sp³-hybridized carbons (Fsp3) is 0.600. The maximum absolute atomic E-state index is 10.6. The molecule has 0 aromatic carbocycles. The van der Waals surface area contributed by atoms with Gasteiger partial charge < -0.3 is 4.74 Å². The van der Waals surface area contributed by atoms with Crippen LogP contribution in [-0.2, 0) is 11.5 Å². The minimum absolute atomic E-state index is 0.132. The molecule has 0 aliphatic carbocycles. The van der Waals surface area contributed by atoms with Gasteiger partial charge in [-0.05, 0) is 6.04 Å². The lowest BCUT2D eigenvalue weighted by molar-refractivity contribution is -0.385. The number of hydrogen-bond donors (Lipinski definition) is 0. The van der Waals surface area contributed by atoms with E-state index < -0.39 is 13.0 Å². The van der Waals surface area contributed by atoms with Crippen LogP contribution in [0.4, 0.5) is 5.69 Å². The van der Waals surface area contributed by atoms with Crippen LogP contribution in [0, 0.1) is 21.4 Å². The molecule has 0 amide bonds. The first kappa shape index (κ1) is 14.3. The van der Waals surface area contributed by atoms with Gasteiger partial charge in [-0.15, -0.1) is 0 Å². The standard InChI is InChI=1S/C10H16N4O3Si/c1-18(2,3)5-4-17-8-13-7-10(14(15)16)9(6-11)12-13/h7H,4-5,8H2,1-3H3. The summed E-state index contributed by atoms with van der Waals surface area (Å²) in [6.07, 6.45) is 1.22. The quantitative estimate of drug-likeness (QED) is 0.340. The molecule has 0 spiro atoms. The average molecular weight is 268 g/mol. The zero-order chi connectivity index (χ0) is 13.8. The van der Waals surface area contributed by atoms with Gasteiger partial charge in [0, 0.05) is 14.7 Å². The molecule has 8 heteroatoms. The summed E-state index contributed by atoms with van der Waals surface area (Å²) in [5.74, 6) is 0. The number of ether oxygens (including phenoxy) is 1. The summed E-state index contributed by atoms with van der Waals surface area (Å²) in [5.41, 5.74) is -0.472. The summed E-state index contributed by atoms with van der Waals surface area (Å²) >= 11 is 0. The van der Waals surface area contributed by atoms with Crippen molar-refractivity contribution >= 4 is 13.8 Å². The van der Waals surface area contributed by atoms with E-state index in [-0.39, 0.29) is 18.1 Å². The fourth-order valence-corrected chi connectivity index (χ4v) is 1.98. The van der Waals surface area contributed by atoms with Crippen LogP contribution >= 0.6 is 0 Å². The van der Waals surface area contributed by atoms with Crippen LogP contribution in [0.3, 0.4) is 0 Å². The largest absolute Gasteiger partial charge is 0.360 e. The van der Waals surface area contributed by atoms with E-state index in [0.717, 1.165) is 6.04 Å². The van der Waals surface area contributed by atoms with E-state index in [1.165, 1.54) is 10.9 Å². The number of aromatic nitrogens is 2. The van der Waals surface area contributed by atoms with Gasteiger partial charge in [0.1, 0.15) is 19.0 Å². The molecule has 0 unspecified atom stereocenters. The molecule has 7 nitrogen and oxygen atoms in total. The third kappa shape index (κ3) is 4.27. The van der Waals surface area contributed by atoms with Gasteiger partial charge >= 0.3 is 5.69 Å². The van der Waals surface area contributed by atoms with E-state index >= 15 is 0 Å². The minimum Gasteiger partial charge on any atom is -0.360 e. The second-order valence-corrected chi connectivity index (χ2v) is 10.7. The number of rotatable bonds is 6. The first-order chi connectivity index (χ1) is 8.33. The second-order valence-electron chi connectivity index (χ2n) is 5.12. The van der Waals surface area contributed by atoms with Crippen molar-refractivity contribution < 1.29 is 9.66 Å². The Labute approximate surface area is 106 Å². The van der Waals surface area contributed by atoms with E-state index in [2.05, 4.69) is 24.7 Å². The predicted molar refractivity (Wildman–Crippen MR) is 67.7 cm³/mol. The molecule has 0 radical (unpaired) electrons. The van der Waals surface area contributed by atoms with Crippen LogP contribution in [0.25, 0.3) is 0 Å². The summed E-state index contributed by atoms with van der Waals surface area (Å²) < 4.78 is 6.67. The SMILES string of the molecule is C[Si](C)(C)CCOCn1cc([N+](=O)[O-])c(C#N)n1. The Morgan fingerprint density at radius 3 is 2.72 bits per heavy atom. The molecular formula is C10H16N4O3Si. The molecule has 0 aliphatic rings. The van der Waals surface area contributed by atoms with Crippen LogP contribution in [0.2, 0.25) is 25.7 Å². The van der Waals surface area contributed by atoms with Crippen LogP contribution in [0.5, 0.6) is 0 Å². The highest BCUT2D eigenvalue weighted by atomic mass is 28.3. The van der Waals surface area contributed by atoms with Crippen molar-refractivity contribution in [2.45, 2.75) is 32.4 Å². The van der Waals surface area contributed by atoms with Gasteiger partial charge in [-0.3, -0.25) is 10.1 Å². The van der Waals surface area contributed by atoms with Crippen molar-refractivity contribution in [1.29, 1.82) is 5.26 Å². The highest BCUT2D eigenvalue weighted by molar-refractivity contribution is 6.76. The highest BCUT2D eigenvalue weighted by Gasteiger charge is 2.19. The van der Waals surface area contributed by atoms with Crippen molar-refractivity contribution in [3.8, 4) is 6.07 Å². The minimum atomic E-state index is -1.14. The lowest BCUT2D eigenvalue weighted by Gasteiger charge is -2.15. The second kappa shape index (κ2) is 5.75. The van der Waals surface area contributed by atoms with Crippen LogP contribution in [0.1, 0.15) is 5.69 Å². The third-order valence-electron chi connectivity index (χ3n) is 2.26. The molecule has 1 heterocycles. The summed E-state index contributed by atoms with van der Waals surface area (Å²) in [6, 6.07) is 2.71. The maximum atomic E-state index is 10.6. The number of nitro groups is 1. The molecule has 0 aliphatic heterocycles. The normalized spacial score (nSPS) is 11.2. The molecule has 0 N–H and O–H groups in total. The monoisotopic (exact) mass is 268 g/mol. The van der Waals surface area contributed by atoms with Crippen molar-refractivity contribution in [3.63, 3.8) is 0 Å². The van der Waals surface area contributed by atoms with Gasteiger partial charge in [0.15, 0.2) is 0 Å². The first-order valence-electron chi connectivity index (χ1n) is 5.53. The van der Waals surface area contributed by atoms with E-state index in [0.29, 0.717) is 6.61 Å². The molecule has 0 fully saturated rings. The Hall–Kier alpha value is -1.72. The highest BCUT2D eigenvalue weighted by Crippen LogP contribution is 2.15. The Balaban J connectivity index is 2.54. The number of nitriles is 1. The summed E-state index contributed by atoms with van der Waals surface area (Å²) in [6.45, 7) is 7.45. The van der Waals surface area contributed by atoms with Crippen LogP contribution in [0.15, 0.2) is 6.20 Å². The van der Waals surface area contributed by atoms with Crippen molar-refractivity contribution in [2.75, 3.05) is 6.61 Å². The smallest absolute Gasteiger partial charge is 0.325 e. The zero-order valence-corrected chi connectivity index (χ0v) is 11.7. The lowest BCUT2D eigenvalue weighted by Crippen LogP contribution is -2.22. The van der Waals surface area contributed by atoms with Gasteiger partial charge in [-0.1, -0.05) is 19.6 Å². The fourth-order valence-electron chi connectivity index (χ4n) is 1.23. The molecule has 18 heavy (non-hydrogen) atoms. The van der Waals surface area contributed by atoms with Crippen LogP contribution < -0.4 is 0 Å². The first-order valence-corrected chi connectivity index (χ1v) is 9.24. The van der Waals surface area contributed by atoms with Gasteiger partial charge in [0.2, 0.25) is 5.69 Å². The predicted octanol–water partition coefficient (Wildman–Crippen LogP) is 1.98. The molecular weight excluding hydrogens is 252 g/mol. The van der Waals surface area contributed by atoms with Crippen molar-refractivity contribution in [3.05, 3.63) is 22.0 Å². The van der Waals surface area contributed by atoms with Crippen molar-refractivity contribution in [1.82, 2.24) is 9.78 Å². The van der Waals surface area contributed by atoms with E-state index in [1.54, 1.807) is 6.07 Å². The molecule has 1 rings (SSSR count). The number of nitrogens with zero attached hydrogens (tertiary/aromatic N) is 4. The average Bonchev–Trinajstić information content (AvgIpc) is 2.66. The molecule has 0 atom stereocenters. The van der Waals surface area contributed by atoms with Crippen LogP contribution in [-0.4, -0.2) is 29.4 Å². The molecule has 0 saturated carbocycles. The Kier molecular flexibility index (Phi) is 4.58. The number of hydrogen-bond acceptors (Lipinski definition) is 5. The molecule has 0 bridgehead atoms. The lowest BCUT2D eigenvalue weighted by atomic mass is 10.4. The Bertz CT molecular complexity index is 472. The summed E-state index contributed by atoms with van der Waals surface area (Å²) in [5, 5.41) is 23.1. The third-order valence-corrected chi connectivity index (χ3v) is 3.97. The Morgan fingerprint density at radius 2 is 2.28 bits per heavy atom. The van der Waals surface area contributed by atoms with Gasteiger partial charge in [-0.25, -0.2) is 4.68 Å². The zero-order valence-electron chi connectivity index (χ0n) is 10.7. The summed E-state index contributed by atoms with van der Waals surface area (Å²) in [7, 11) is -1.14. The molecule has 98 valence electrons. The van der Waals surface area contributed by atoms with Gasteiger partial charge in [-0.2, -0.15) is 10.4 Å². The molecule has 1 aromatic rings. The Morgan fingerprint density at radius 1 is 1.61 bits per heavy atom. The maximum Gasteiger partial charge on any atom is 0.325 e.